The minimum absolute atomic E-state index is 0.0101. The Morgan fingerprint density at radius 2 is 2.25 bits per heavy atom. The molecule has 1 aliphatic heterocycles. The van der Waals surface area contributed by atoms with Gasteiger partial charge < -0.3 is 15.1 Å². The summed E-state index contributed by atoms with van der Waals surface area (Å²) in [7, 11) is 0. The van der Waals surface area contributed by atoms with Gasteiger partial charge in [-0.15, -0.1) is 11.3 Å². The van der Waals surface area contributed by atoms with Crippen molar-refractivity contribution in [3.63, 3.8) is 0 Å². The Morgan fingerprint density at radius 1 is 1.39 bits per heavy atom. The molecule has 3 aromatic heterocycles. The van der Waals surface area contributed by atoms with Crippen molar-refractivity contribution in [3.8, 4) is 11.5 Å². The highest BCUT2D eigenvalue weighted by atomic mass is 32.1. The van der Waals surface area contributed by atoms with E-state index in [1.807, 2.05) is 11.4 Å². The number of carbonyl (C=O) groups excluding carboxylic acids is 2. The summed E-state index contributed by atoms with van der Waals surface area (Å²) in [4.78, 5) is 25.4. The molecule has 3 aromatic rings. The Labute approximate surface area is 165 Å². The van der Waals surface area contributed by atoms with Crippen molar-refractivity contribution in [2.75, 3.05) is 5.32 Å². The van der Waals surface area contributed by atoms with Gasteiger partial charge in [0, 0.05) is 18.5 Å². The molecule has 8 nitrogen and oxygen atoms in total. The number of hydrogen-bond donors (Lipinski definition) is 3. The Hall–Kier alpha value is -2.91. The molecule has 0 saturated carbocycles. The molecule has 4 rings (SSSR count). The highest BCUT2D eigenvalue weighted by Gasteiger charge is 2.31. The number of anilines is 1. The smallest absolute Gasteiger partial charge is 0.266 e. The highest BCUT2D eigenvalue weighted by molar-refractivity contribution is 7.12. The molecular formula is C19H21N5O3S. The summed E-state index contributed by atoms with van der Waals surface area (Å²) in [5, 5.41) is 15.6. The van der Waals surface area contributed by atoms with Crippen LogP contribution in [0.25, 0.3) is 11.5 Å². The summed E-state index contributed by atoms with van der Waals surface area (Å²) >= 11 is 1.36. The summed E-state index contributed by atoms with van der Waals surface area (Å²) in [6.45, 7) is 4.12. The van der Waals surface area contributed by atoms with Crippen LogP contribution in [0, 0.1) is 5.92 Å². The van der Waals surface area contributed by atoms with E-state index < -0.39 is 6.29 Å². The minimum Gasteiger partial charge on any atom is -0.463 e. The molecule has 3 N–H and O–H groups in total. The lowest BCUT2D eigenvalue weighted by atomic mass is 9.99. The minimum atomic E-state index is -0.573. The van der Waals surface area contributed by atoms with Gasteiger partial charge in [-0.2, -0.15) is 5.10 Å². The predicted octanol–water partition coefficient (Wildman–Crippen LogP) is 3.05. The largest absolute Gasteiger partial charge is 0.463 e. The van der Waals surface area contributed by atoms with E-state index in [0.717, 1.165) is 0 Å². The lowest BCUT2D eigenvalue weighted by molar-refractivity contribution is -0.126. The van der Waals surface area contributed by atoms with Gasteiger partial charge in [-0.1, -0.05) is 19.9 Å². The van der Waals surface area contributed by atoms with Crippen LogP contribution in [0.3, 0.4) is 0 Å². The second-order valence-corrected chi connectivity index (χ2v) is 7.91. The van der Waals surface area contributed by atoms with E-state index in [2.05, 4.69) is 34.9 Å². The first-order chi connectivity index (χ1) is 13.5. The van der Waals surface area contributed by atoms with E-state index in [9.17, 15) is 9.59 Å². The highest BCUT2D eigenvalue weighted by Crippen LogP contribution is 2.26. The van der Waals surface area contributed by atoms with Crippen molar-refractivity contribution in [2.45, 2.75) is 32.6 Å². The number of carbonyl (C=O) groups is 2. The monoisotopic (exact) mass is 399 g/mol. The average Bonchev–Trinajstić information content (AvgIpc) is 3.41. The summed E-state index contributed by atoms with van der Waals surface area (Å²) in [5.41, 5.74) is 0.564. The van der Waals surface area contributed by atoms with Gasteiger partial charge in [0.05, 0.1) is 11.1 Å². The van der Waals surface area contributed by atoms with E-state index in [4.69, 9.17) is 4.42 Å². The molecule has 4 heterocycles. The van der Waals surface area contributed by atoms with Crippen LogP contribution in [-0.2, 0) is 4.79 Å². The number of hydrogen-bond acceptors (Lipinski definition) is 6. The lowest BCUT2D eigenvalue weighted by Gasteiger charge is -2.34. The van der Waals surface area contributed by atoms with Crippen LogP contribution in [0.2, 0.25) is 0 Å². The summed E-state index contributed by atoms with van der Waals surface area (Å²) in [6, 6.07) is 8.88. The second-order valence-electron chi connectivity index (χ2n) is 6.96. The van der Waals surface area contributed by atoms with E-state index in [1.165, 1.54) is 11.3 Å². The lowest BCUT2D eigenvalue weighted by Crippen LogP contribution is -2.55. The predicted molar refractivity (Wildman–Crippen MR) is 106 cm³/mol. The number of amides is 2. The van der Waals surface area contributed by atoms with Crippen LogP contribution in [0.5, 0.6) is 0 Å². The third-order valence-corrected chi connectivity index (χ3v) is 5.49. The van der Waals surface area contributed by atoms with E-state index in [0.29, 0.717) is 28.6 Å². The first-order valence-electron chi connectivity index (χ1n) is 9.05. The molecule has 28 heavy (non-hydrogen) atoms. The normalized spacial score (nSPS) is 19.6. The third-order valence-electron chi connectivity index (χ3n) is 4.62. The second kappa shape index (κ2) is 7.61. The van der Waals surface area contributed by atoms with Crippen molar-refractivity contribution in [1.82, 2.24) is 20.4 Å². The van der Waals surface area contributed by atoms with Gasteiger partial charge in [0.15, 0.2) is 12.0 Å². The summed E-state index contributed by atoms with van der Waals surface area (Å²) in [6.07, 6.45) is 1.39. The van der Waals surface area contributed by atoms with Gasteiger partial charge in [0.25, 0.3) is 5.91 Å². The van der Waals surface area contributed by atoms with Gasteiger partial charge in [-0.05, 0) is 29.5 Å². The van der Waals surface area contributed by atoms with Crippen molar-refractivity contribution < 1.29 is 14.0 Å². The van der Waals surface area contributed by atoms with Gasteiger partial charge >= 0.3 is 0 Å². The van der Waals surface area contributed by atoms with Crippen LogP contribution >= 0.6 is 11.3 Å². The number of aromatic nitrogens is 2. The van der Waals surface area contributed by atoms with Crippen LogP contribution in [0.15, 0.2) is 46.4 Å². The van der Waals surface area contributed by atoms with Crippen LogP contribution < -0.4 is 16.0 Å². The maximum atomic E-state index is 12.6. The SMILES string of the molecule is CC(C)C1CC(=O)NC(n2nc(-c3ccco3)cc2NC(=O)c2cccs2)N1. The van der Waals surface area contributed by atoms with E-state index in [-0.39, 0.29) is 23.8 Å². The number of furan rings is 1. The van der Waals surface area contributed by atoms with E-state index >= 15 is 0 Å². The van der Waals surface area contributed by atoms with Crippen LogP contribution in [0.4, 0.5) is 5.82 Å². The number of rotatable bonds is 5. The van der Waals surface area contributed by atoms with Gasteiger partial charge in [-0.3, -0.25) is 14.9 Å². The number of nitrogens with zero attached hydrogens (tertiary/aromatic N) is 2. The van der Waals surface area contributed by atoms with Crippen LogP contribution in [-0.4, -0.2) is 27.6 Å². The molecule has 2 atom stereocenters. The quantitative estimate of drug-likeness (QED) is 0.612. The topological polar surface area (TPSA) is 101 Å². The zero-order chi connectivity index (χ0) is 19.7. The zero-order valence-corrected chi connectivity index (χ0v) is 16.3. The standard InChI is InChI=1S/C19H21N5O3S/c1-11(2)12-10-17(25)22-19(20-12)24-16(21-18(26)15-6-4-8-28-15)9-13(23-24)14-5-3-7-27-14/h3-9,11-12,19-20H,10H2,1-2H3,(H,21,26)(H,22,25). The van der Waals surface area contributed by atoms with Gasteiger partial charge in [0.2, 0.25) is 5.91 Å². The maximum absolute atomic E-state index is 12.6. The first-order valence-corrected chi connectivity index (χ1v) is 9.93. The Bertz CT molecular complexity index is 962. The molecule has 0 radical (unpaired) electrons. The van der Waals surface area contributed by atoms with Gasteiger partial charge in [-0.25, -0.2) is 4.68 Å². The maximum Gasteiger partial charge on any atom is 0.266 e. The summed E-state index contributed by atoms with van der Waals surface area (Å²) < 4.78 is 7.02. The Morgan fingerprint density at radius 3 is 2.93 bits per heavy atom. The number of thiophene rings is 1. The van der Waals surface area contributed by atoms with Crippen molar-refractivity contribution in [2.24, 2.45) is 5.92 Å². The first kappa shape index (κ1) is 18.5. The molecule has 0 aliphatic carbocycles. The Balaban J connectivity index is 1.68. The molecule has 0 spiro atoms. The van der Waals surface area contributed by atoms with Crippen LogP contribution in [0.1, 0.15) is 36.2 Å². The summed E-state index contributed by atoms with van der Waals surface area (Å²) in [5.74, 6) is 1.02. The fourth-order valence-corrected chi connectivity index (χ4v) is 3.71. The van der Waals surface area contributed by atoms with Gasteiger partial charge in [0.1, 0.15) is 11.5 Å². The van der Waals surface area contributed by atoms with Crippen molar-refractivity contribution in [3.05, 3.63) is 46.9 Å². The molecular weight excluding hydrogens is 378 g/mol. The third kappa shape index (κ3) is 3.71. The molecule has 1 saturated heterocycles. The molecule has 1 aliphatic rings. The fraction of sp³-hybridized carbons (Fsp3) is 0.316. The molecule has 1 fully saturated rings. The van der Waals surface area contributed by atoms with E-state index in [1.54, 1.807) is 35.2 Å². The molecule has 2 amide bonds. The Kier molecular flexibility index (Phi) is 5.01. The zero-order valence-electron chi connectivity index (χ0n) is 15.5. The average molecular weight is 399 g/mol. The molecule has 2 unspecified atom stereocenters. The fourth-order valence-electron chi connectivity index (χ4n) is 3.09. The molecule has 0 aromatic carbocycles. The number of nitrogens with one attached hydrogen (secondary N) is 3. The molecule has 9 heteroatoms. The molecule has 146 valence electrons. The van der Waals surface area contributed by atoms with Crippen molar-refractivity contribution >= 4 is 29.0 Å². The molecule has 0 bridgehead atoms. The van der Waals surface area contributed by atoms with Crippen molar-refractivity contribution in [1.29, 1.82) is 0 Å².